The molecule has 0 aliphatic carbocycles. The van der Waals surface area contributed by atoms with Crippen LogP contribution in [0.1, 0.15) is 23.6 Å². The Kier molecular flexibility index (Phi) is 5.80. The van der Waals surface area contributed by atoms with Gasteiger partial charge in [-0.05, 0) is 61.7 Å². The van der Waals surface area contributed by atoms with Crippen molar-refractivity contribution in [1.29, 1.82) is 0 Å². The van der Waals surface area contributed by atoms with Gasteiger partial charge in [-0.25, -0.2) is 0 Å². The van der Waals surface area contributed by atoms with Crippen molar-refractivity contribution in [2.75, 3.05) is 23.9 Å². The van der Waals surface area contributed by atoms with Crippen LogP contribution in [0, 0.1) is 20.8 Å². The van der Waals surface area contributed by atoms with Gasteiger partial charge in [0.25, 0.3) is 0 Å². The quantitative estimate of drug-likeness (QED) is 0.904. The van der Waals surface area contributed by atoms with E-state index in [0.29, 0.717) is 11.4 Å². The summed E-state index contributed by atoms with van der Waals surface area (Å²) in [4.78, 5) is 26.0. The highest BCUT2D eigenvalue weighted by atomic mass is 16.5. The van der Waals surface area contributed by atoms with E-state index in [-0.39, 0.29) is 18.4 Å². The lowest BCUT2D eigenvalue weighted by Crippen LogP contribution is -2.36. The molecule has 0 aliphatic heterocycles. The summed E-state index contributed by atoms with van der Waals surface area (Å²) >= 11 is 0. The lowest BCUT2D eigenvalue weighted by atomic mass is 10.1. The number of hydrogen-bond donors (Lipinski definition) is 1. The number of rotatable bonds is 5. The minimum Gasteiger partial charge on any atom is -0.495 e. The molecule has 0 unspecified atom stereocenters. The Balaban J connectivity index is 2.21. The average Bonchev–Trinajstić information content (AvgIpc) is 2.51. The standard InChI is InChI=1S/C20H24N2O3/c1-13-6-7-19(25-5)18(11-13)21-20(24)12-22(16(4)23)17-9-14(2)8-15(3)10-17/h6-11H,12H2,1-5H3,(H,21,24). The largest absolute Gasteiger partial charge is 0.495 e. The average molecular weight is 340 g/mol. The zero-order valence-corrected chi connectivity index (χ0v) is 15.3. The van der Waals surface area contributed by atoms with Crippen molar-refractivity contribution in [3.8, 4) is 5.75 Å². The SMILES string of the molecule is COc1ccc(C)cc1NC(=O)CN(C(C)=O)c1cc(C)cc(C)c1. The molecular formula is C20H24N2O3. The van der Waals surface area contributed by atoms with Gasteiger partial charge < -0.3 is 15.0 Å². The van der Waals surface area contributed by atoms with Crippen molar-refractivity contribution >= 4 is 23.2 Å². The van der Waals surface area contributed by atoms with E-state index in [4.69, 9.17) is 4.74 Å². The normalized spacial score (nSPS) is 10.3. The van der Waals surface area contributed by atoms with E-state index in [1.54, 1.807) is 13.2 Å². The molecule has 0 radical (unpaired) electrons. The maximum Gasteiger partial charge on any atom is 0.244 e. The van der Waals surface area contributed by atoms with Crippen molar-refractivity contribution in [3.05, 3.63) is 53.1 Å². The third-order valence-electron chi connectivity index (χ3n) is 3.83. The molecule has 0 saturated heterocycles. The van der Waals surface area contributed by atoms with Crippen molar-refractivity contribution in [1.82, 2.24) is 0 Å². The van der Waals surface area contributed by atoms with Crippen LogP contribution in [-0.2, 0) is 9.59 Å². The molecule has 0 aromatic heterocycles. The molecule has 0 saturated carbocycles. The summed E-state index contributed by atoms with van der Waals surface area (Å²) in [6.07, 6.45) is 0. The van der Waals surface area contributed by atoms with Crippen molar-refractivity contribution in [2.45, 2.75) is 27.7 Å². The number of methoxy groups -OCH3 is 1. The maximum atomic E-state index is 12.5. The highest BCUT2D eigenvalue weighted by Crippen LogP contribution is 2.25. The van der Waals surface area contributed by atoms with E-state index < -0.39 is 0 Å². The number of amides is 2. The van der Waals surface area contributed by atoms with Crippen LogP contribution in [0.2, 0.25) is 0 Å². The molecule has 0 fully saturated rings. The second-order valence-corrected chi connectivity index (χ2v) is 6.20. The molecule has 2 aromatic rings. The molecule has 132 valence electrons. The number of carbonyl (C=O) groups is 2. The van der Waals surface area contributed by atoms with Gasteiger partial charge in [0, 0.05) is 12.6 Å². The summed E-state index contributed by atoms with van der Waals surface area (Å²) in [5.74, 6) is 0.120. The third kappa shape index (κ3) is 4.83. The zero-order chi connectivity index (χ0) is 18.6. The van der Waals surface area contributed by atoms with Gasteiger partial charge in [0.05, 0.1) is 12.8 Å². The van der Waals surface area contributed by atoms with Crippen LogP contribution in [0.3, 0.4) is 0 Å². The van der Waals surface area contributed by atoms with Gasteiger partial charge in [0.2, 0.25) is 11.8 Å². The molecule has 0 aliphatic rings. The van der Waals surface area contributed by atoms with Crippen molar-refractivity contribution in [2.24, 2.45) is 0 Å². The Bertz CT molecular complexity index is 779. The van der Waals surface area contributed by atoms with Crippen LogP contribution >= 0.6 is 0 Å². The number of carbonyl (C=O) groups excluding carboxylic acids is 2. The number of nitrogens with zero attached hydrogens (tertiary/aromatic N) is 1. The zero-order valence-electron chi connectivity index (χ0n) is 15.3. The highest BCUT2D eigenvalue weighted by Gasteiger charge is 2.17. The van der Waals surface area contributed by atoms with Gasteiger partial charge in [-0.2, -0.15) is 0 Å². The fourth-order valence-corrected chi connectivity index (χ4v) is 2.74. The monoisotopic (exact) mass is 340 g/mol. The van der Waals surface area contributed by atoms with Gasteiger partial charge in [0.1, 0.15) is 12.3 Å². The lowest BCUT2D eigenvalue weighted by molar-refractivity contribution is -0.120. The summed E-state index contributed by atoms with van der Waals surface area (Å²) in [6, 6.07) is 11.4. The summed E-state index contributed by atoms with van der Waals surface area (Å²) in [5.41, 5.74) is 4.41. The van der Waals surface area contributed by atoms with E-state index in [1.165, 1.54) is 11.8 Å². The minimum atomic E-state index is -0.279. The number of anilines is 2. The molecule has 5 heteroatoms. The fraction of sp³-hybridized carbons (Fsp3) is 0.300. The molecule has 0 bridgehead atoms. The van der Waals surface area contributed by atoms with Crippen molar-refractivity contribution < 1.29 is 14.3 Å². The van der Waals surface area contributed by atoms with Crippen molar-refractivity contribution in [3.63, 3.8) is 0 Å². The molecule has 2 rings (SSSR count). The summed E-state index contributed by atoms with van der Waals surface area (Å²) in [5, 5.41) is 2.83. The van der Waals surface area contributed by atoms with Gasteiger partial charge in [-0.3, -0.25) is 9.59 Å². The van der Waals surface area contributed by atoms with Crippen LogP contribution < -0.4 is 15.0 Å². The first-order valence-corrected chi connectivity index (χ1v) is 8.11. The van der Waals surface area contributed by atoms with Crippen LogP contribution in [0.25, 0.3) is 0 Å². The molecule has 0 atom stereocenters. The van der Waals surface area contributed by atoms with Gasteiger partial charge in [-0.15, -0.1) is 0 Å². The predicted octanol–water partition coefficient (Wildman–Crippen LogP) is 3.61. The molecule has 2 amide bonds. The summed E-state index contributed by atoms with van der Waals surface area (Å²) in [6.45, 7) is 7.26. The van der Waals surface area contributed by atoms with E-state index in [0.717, 1.165) is 22.4 Å². The second kappa shape index (κ2) is 7.83. The lowest BCUT2D eigenvalue weighted by Gasteiger charge is -2.22. The Hall–Kier alpha value is -2.82. The van der Waals surface area contributed by atoms with Gasteiger partial charge in [-0.1, -0.05) is 12.1 Å². The molecule has 2 aromatic carbocycles. The summed E-state index contributed by atoms with van der Waals surface area (Å²) in [7, 11) is 1.55. The van der Waals surface area contributed by atoms with Crippen LogP contribution in [0.5, 0.6) is 5.75 Å². The third-order valence-corrected chi connectivity index (χ3v) is 3.83. The molecular weight excluding hydrogens is 316 g/mol. The summed E-state index contributed by atoms with van der Waals surface area (Å²) < 4.78 is 5.27. The first kappa shape index (κ1) is 18.5. The maximum absolute atomic E-state index is 12.5. The highest BCUT2D eigenvalue weighted by molar-refractivity contribution is 6.02. The van der Waals surface area contributed by atoms with E-state index in [9.17, 15) is 9.59 Å². The number of nitrogens with one attached hydrogen (secondary N) is 1. The fourth-order valence-electron chi connectivity index (χ4n) is 2.74. The smallest absolute Gasteiger partial charge is 0.244 e. The molecule has 5 nitrogen and oxygen atoms in total. The molecule has 0 heterocycles. The van der Waals surface area contributed by atoms with Crippen LogP contribution in [-0.4, -0.2) is 25.5 Å². The van der Waals surface area contributed by atoms with E-state index in [1.807, 2.05) is 51.1 Å². The molecule has 25 heavy (non-hydrogen) atoms. The number of aryl methyl sites for hydroxylation is 3. The Labute approximate surface area is 148 Å². The van der Waals surface area contributed by atoms with Crippen LogP contribution in [0.15, 0.2) is 36.4 Å². The predicted molar refractivity (Wildman–Crippen MR) is 100 cm³/mol. The Morgan fingerprint density at radius 3 is 2.20 bits per heavy atom. The first-order valence-electron chi connectivity index (χ1n) is 8.11. The van der Waals surface area contributed by atoms with Crippen LogP contribution in [0.4, 0.5) is 11.4 Å². The number of hydrogen-bond acceptors (Lipinski definition) is 3. The minimum absolute atomic E-state index is 0.0602. The van der Waals surface area contributed by atoms with E-state index >= 15 is 0 Å². The molecule has 1 N–H and O–H groups in total. The number of ether oxygens (including phenoxy) is 1. The first-order chi connectivity index (χ1) is 11.8. The Morgan fingerprint density at radius 1 is 1.00 bits per heavy atom. The van der Waals surface area contributed by atoms with E-state index in [2.05, 4.69) is 5.32 Å². The second-order valence-electron chi connectivity index (χ2n) is 6.20. The van der Waals surface area contributed by atoms with Gasteiger partial charge >= 0.3 is 0 Å². The molecule has 0 spiro atoms. The van der Waals surface area contributed by atoms with Gasteiger partial charge in [0.15, 0.2) is 0 Å². The topological polar surface area (TPSA) is 58.6 Å². The number of benzene rings is 2. The Morgan fingerprint density at radius 2 is 1.64 bits per heavy atom.